The molecule has 0 saturated carbocycles. The summed E-state index contributed by atoms with van der Waals surface area (Å²) < 4.78 is 5.77. The third-order valence-electron chi connectivity index (χ3n) is 4.47. The minimum absolute atomic E-state index is 0.0624. The molecule has 0 radical (unpaired) electrons. The fourth-order valence-corrected chi connectivity index (χ4v) is 3.24. The number of rotatable bonds is 5. The van der Waals surface area contributed by atoms with E-state index in [1.54, 1.807) is 12.4 Å². The van der Waals surface area contributed by atoms with E-state index >= 15 is 0 Å². The van der Waals surface area contributed by atoms with Crippen LogP contribution in [0.5, 0.6) is 0 Å². The van der Waals surface area contributed by atoms with Crippen molar-refractivity contribution in [3.63, 3.8) is 0 Å². The lowest BCUT2D eigenvalue weighted by atomic mass is 10.1. The zero-order chi connectivity index (χ0) is 17.6. The molecule has 134 valence electrons. The van der Waals surface area contributed by atoms with Crippen LogP contribution in [-0.4, -0.2) is 65.7 Å². The zero-order valence-corrected chi connectivity index (χ0v) is 14.5. The van der Waals surface area contributed by atoms with Crippen LogP contribution in [0.15, 0.2) is 17.5 Å². The van der Waals surface area contributed by atoms with Crippen LogP contribution >= 0.6 is 11.6 Å². The van der Waals surface area contributed by atoms with Crippen molar-refractivity contribution in [3.8, 4) is 0 Å². The maximum Gasteiger partial charge on any atom is 0.225 e. The van der Waals surface area contributed by atoms with E-state index in [0.717, 1.165) is 12.8 Å². The number of piperazine rings is 1. The second-order valence-corrected chi connectivity index (χ2v) is 6.58. The minimum Gasteiger partial charge on any atom is -0.374 e. The number of anilines is 1. The molecule has 9 nitrogen and oxygen atoms in total. The van der Waals surface area contributed by atoms with Gasteiger partial charge in [0.05, 0.1) is 42.6 Å². The van der Waals surface area contributed by atoms with Gasteiger partial charge in [-0.05, 0) is 18.4 Å². The van der Waals surface area contributed by atoms with E-state index in [4.69, 9.17) is 21.9 Å². The summed E-state index contributed by atoms with van der Waals surface area (Å²) in [6.07, 6.45) is 5.05. The van der Waals surface area contributed by atoms with Crippen LogP contribution in [-0.2, 0) is 9.53 Å². The Hall–Kier alpha value is -2.09. The number of carbonyl (C=O) groups is 1. The van der Waals surface area contributed by atoms with Crippen LogP contribution in [0.2, 0.25) is 5.02 Å². The van der Waals surface area contributed by atoms with Gasteiger partial charge in [-0.15, -0.1) is 0 Å². The second-order valence-electron chi connectivity index (χ2n) is 6.14. The lowest BCUT2D eigenvalue weighted by Gasteiger charge is -2.35. The Bertz CT molecular complexity index is 642. The van der Waals surface area contributed by atoms with Crippen LogP contribution < -0.4 is 4.90 Å². The summed E-state index contributed by atoms with van der Waals surface area (Å²) in [6, 6.07) is 0. The maximum absolute atomic E-state index is 12.5. The Labute approximate surface area is 150 Å². The van der Waals surface area contributed by atoms with E-state index in [9.17, 15) is 4.79 Å². The topological polar surface area (TPSA) is 107 Å². The molecule has 2 fully saturated rings. The van der Waals surface area contributed by atoms with E-state index < -0.39 is 0 Å². The molecule has 10 heteroatoms. The van der Waals surface area contributed by atoms with E-state index in [1.807, 2.05) is 9.80 Å². The molecule has 0 aromatic carbocycles. The van der Waals surface area contributed by atoms with E-state index in [1.165, 1.54) is 0 Å². The van der Waals surface area contributed by atoms with Gasteiger partial charge >= 0.3 is 0 Å². The summed E-state index contributed by atoms with van der Waals surface area (Å²) in [5, 5.41) is 4.04. The van der Waals surface area contributed by atoms with Crippen molar-refractivity contribution < 1.29 is 9.53 Å². The van der Waals surface area contributed by atoms with E-state index in [0.29, 0.717) is 50.1 Å². The number of halogens is 1. The van der Waals surface area contributed by atoms with Crippen LogP contribution in [0.4, 0.5) is 5.95 Å². The lowest BCUT2D eigenvalue weighted by Crippen LogP contribution is -2.49. The maximum atomic E-state index is 12.5. The Morgan fingerprint density at radius 3 is 2.64 bits per heavy atom. The largest absolute Gasteiger partial charge is 0.374 e. The summed E-state index contributed by atoms with van der Waals surface area (Å²) in [7, 11) is 0. The zero-order valence-electron chi connectivity index (χ0n) is 13.8. The third-order valence-corrected chi connectivity index (χ3v) is 4.66. The highest BCUT2D eigenvalue weighted by Crippen LogP contribution is 2.23. The van der Waals surface area contributed by atoms with Crippen molar-refractivity contribution in [3.05, 3.63) is 27.9 Å². The summed E-state index contributed by atoms with van der Waals surface area (Å²) in [6.45, 7) is 3.00. The molecule has 2 aliphatic heterocycles. The lowest BCUT2D eigenvalue weighted by molar-refractivity contribution is -0.134. The van der Waals surface area contributed by atoms with Crippen molar-refractivity contribution in [2.75, 3.05) is 37.6 Å². The predicted molar refractivity (Wildman–Crippen MR) is 92.4 cm³/mol. The number of aromatic nitrogens is 2. The molecule has 3 rings (SSSR count). The Morgan fingerprint density at radius 1 is 1.28 bits per heavy atom. The smallest absolute Gasteiger partial charge is 0.225 e. The van der Waals surface area contributed by atoms with Gasteiger partial charge in [0, 0.05) is 31.1 Å². The monoisotopic (exact) mass is 365 g/mol. The molecule has 25 heavy (non-hydrogen) atoms. The Kier molecular flexibility index (Phi) is 5.91. The molecule has 0 N–H and O–H groups in total. The third kappa shape index (κ3) is 4.72. The summed E-state index contributed by atoms with van der Waals surface area (Å²) in [5.74, 6) is 0.739. The van der Waals surface area contributed by atoms with Gasteiger partial charge in [-0.3, -0.25) is 4.79 Å². The van der Waals surface area contributed by atoms with Crippen LogP contribution in [0.25, 0.3) is 10.4 Å². The number of amides is 1. The number of carbonyl (C=O) groups excluding carboxylic acids is 1. The van der Waals surface area contributed by atoms with Crippen molar-refractivity contribution in [1.82, 2.24) is 14.9 Å². The predicted octanol–water partition coefficient (Wildman–Crippen LogP) is 2.03. The fraction of sp³-hybridized carbons (Fsp3) is 0.667. The molecule has 1 amide bonds. The normalized spacial score (nSPS) is 23.4. The number of ether oxygens (including phenoxy) is 1. The number of nitrogens with zero attached hydrogens (tertiary/aromatic N) is 7. The highest BCUT2D eigenvalue weighted by molar-refractivity contribution is 6.30. The molecule has 0 spiro atoms. The van der Waals surface area contributed by atoms with Gasteiger partial charge < -0.3 is 14.5 Å². The van der Waals surface area contributed by atoms with Gasteiger partial charge in [-0.2, -0.15) is 0 Å². The molecule has 2 unspecified atom stereocenters. The van der Waals surface area contributed by atoms with Gasteiger partial charge in [0.25, 0.3) is 0 Å². The number of hydrogen-bond acceptors (Lipinski definition) is 6. The van der Waals surface area contributed by atoms with Gasteiger partial charge in [0.2, 0.25) is 11.9 Å². The molecule has 1 aromatic heterocycles. The Balaban J connectivity index is 1.44. The highest BCUT2D eigenvalue weighted by atomic mass is 35.5. The second kappa shape index (κ2) is 8.33. The fourth-order valence-electron chi connectivity index (χ4n) is 3.14. The molecule has 2 aliphatic rings. The summed E-state index contributed by atoms with van der Waals surface area (Å²) in [5.41, 5.74) is 8.35. The molecular weight excluding hydrogens is 346 g/mol. The van der Waals surface area contributed by atoms with Crippen molar-refractivity contribution in [2.24, 2.45) is 5.11 Å². The standard InChI is InChI=1S/C15H20ClN7O2/c16-11-8-18-15(19-9-11)23-5-3-22(4-6-23)14(24)7-12-1-2-13(25-12)10-20-21-17/h8-9,12-13H,1-7,10H2. The first-order valence-electron chi connectivity index (χ1n) is 8.32. The van der Waals surface area contributed by atoms with Gasteiger partial charge in [0.15, 0.2) is 0 Å². The summed E-state index contributed by atoms with van der Waals surface area (Å²) in [4.78, 5) is 27.5. The first-order valence-corrected chi connectivity index (χ1v) is 8.70. The van der Waals surface area contributed by atoms with Crippen LogP contribution in [0.3, 0.4) is 0 Å². The summed E-state index contributed by atoms with van der Waals surface area (Å²) >= 11 is 5.80. The van der Waals surface area contributed by atoms with Crippen LogP contribution in [0.1, 0.15) is 19.3 Å². The first kappa shape index (κ1) is 17.7. The molecule has 3 heterocycles. The van der Waals surface area contributed by atoms with Gasteiger partial charge in [-0.1, -0.05) is 16.7 Å². The quantitative estimate of drug-likeness (QED) is 0.450. The molecule has 2 saturated heterocycles. The molecule has 0 aliphatic carbocycles. The van der Waals surface area contributed by atoms with Crippen molar-refractivity contribution in [2.45, 2.75) is 31.5 Å². The van der Waals surface area contributed by atoms with Gasteiger partial charge in [-0.25, -0.2) is 9.97 Å². The van der Waals surface area contributed by atoms with E-state index in [-0.39, 0.29) is 18.1 Å². The SMILES string of the molecule is [N-]=[N+]=NCC1CCC(CC(=O)N2CCN(c3ncc(Cl)cn3)CC2)O1. The van der Waals surface area contributed by atoms with Crippen LogP contribution in [0, 0.1) is 0 Å². The minimum atomic E-state index is -0.0796. The van der Waals surface area contributed by atoms with Crippen molar-refractivity contribution in [1.29, 1.82) is 0 Å². The molecule has 0 bridgehead atoms. The van der Waals surface area contributed by atoms with Gasteiger partial charge in [0.1, 0.15) is 0 Å². The average Bonchev–Trinajstić information content (AvgIpc) is 3.08. The highest BCUT2D eigenvalue weighted by Gasteiger charge is 2.29. The average molecular weight is 366 g/mol. The van der Waals surface area contributed by atoms with Crippen molar-refractivity contribution >= 4 is 23.5 Å². The first-order chi connectivity index (χ1) is 12.2. The molecule has 1 aromatic rings. The Morgan fingerprint density at radius 2 is 1.96 bits per heavy atom. The number of hydrogen-bond donors (Lipinski definition) is 0. The number of azide groups is 1. The molecule has 2 atom stereocenters. The van der Waals surface area contributed by atoms with E-state index in [2.05, 4.69) is 20.0 Å². The molecular formula is C15H20ClN7O2.